The summed E-state index contributed by atoms with van der Waals surface area (Å²) in [4.78, 5) is 26.0. The molecule has 2 N–H and O–H groups in total. The Morgan fingerprint density at radius 1 is 1.13 bits per heavy atom. The van der Waals surface area contributed by atoms with Crippen LogP contribution < -0.4 is 10.6 Å². The number of morpholine rings is 1. The van der Waals surface area contributed by atoms with Crippen LogP contribution >= 0.6 is 0 Å². The summed E-state index contributed by atoms with van der Waals surface area (Å²) in [6.07, 6.45) is 2.03. The van der Waals surface area contributed by atoms with Gasteiger partial charge in [0.1, 0.15) is 5.69 Å². The summed E-state index contributed by atoms with van der Waals surface area (Å²) in [5.74, 6) is -0.322. The van der Waals surface area contributed by atoms with E-state index in [1.807, 2.05) is 18.2 Å². The minimum Gasteiger partial charge on any atom is -0.379 e. The third-order valence-electron chi connectivity index (χ3n) is 5.45. The van der Waals surface area contributed by atoms with Crippen molar-refractivity contribution in [2.75, 3.05) is 31.6 Å². The molecule has 0 radical (unpaired) electrons. The van der Waals surface area contributed by atoms with Crippen molar-refractivity contribution in [3.8, 4) is 0 Å². The summed E-state index contributed by atoms with van der Waals surface area (Å²) in [6, 6.07) is 12.9. The van der Waals surface area contributed by atoms with Gasteiger partial charge in [-0.05, 0) is 36.1 Å². The highest BCUT2D eigenvalue weighted by atomic mass is 16.6. The number of nitrogens with zero attached hydrogens (tertiary/aromatic N) is 2. The van der Waals surface area contributed by atoms with Gasteiger partial charge in [-0.25, -0.2) is 0 Å². The zero-order valence-corrected chi connectivity index (χ0v) is 16.8. The van der Waals surface area contributed by atoms with Gasteiger partial charge in [-0.3, -0.25) is 19.8 Å². The van der Waals surface area contributed by atoms with E-state index in [2.05, 4.69) is 21.6 Å². The number of carbonyl (C=O) groups is 1. The second-order valence-electron chi connectivity index (χ2n) is 7.75. The van der Waals surface area contributed by atoms with E-state index in [0.717, 1.165) is 56.8 Å². The lowest BCUT2D eigenvalue weighted by Gasteiger charge is -2.27. The maximum atomic E-state index is 12.7. The number of amides is 1. The summed E-state index contributed by atoms with van der Waals surface area (Å²) < 4.78 is 5.40. The number of ether oxygens (including phenoxy) is 1. The van der Waals surface area contributed by atoms with Crippen molar-refractivity contribution in [1.29, 1.82) is 0 Å². The first-order valence-electron chi connectivity index (χ1n) is 10.3. The van der Waals surface area contributed by atoms with E-state index in [1.165, 1.54) is 6.07 Å². The smallest absolute Gasteiger partial charge is 0.293 e. The molecule has 4 rings (SSSR count). The first-order chi connectivity index (χ1) is 14.6. The van der Waals surface area contributed by atoms with Crippen molar-refractivity contribution in [2.24, 2.45) is 0 Å². The van der Waals surface area contributed by atoms with Gasteiger partial charge in [0.25, 0.3) is 11.6 Å². The molecule has 8 heteroatoms. The Balaban J connectivity index is 1.42. The molecular weight excluding hydrogens is 384 g/mol. The molecule has 2 aliphatic rings. The average molecular weight is 410 g/mol. The number of nitro benzene ring substituents is 1. The van der Waals surface area contributed by atoms with E-state index >= 15 is 0 Å². The fraction of sp³-hybridized carbons (Fsp3) is 0.409. The van der Waals surface area contributed by atoms with Crippen LogP contribution in [0.3, 0.4) is 0 Å². The molecule has 158 valence electrons. The Kier molecular flexibility index (Phi) is 6.25. The molecule has 0 spiro atoms. The lowest BCUT2D eigenvalue weighted by Crippen LogP contribution is -2.36. The Morgan fingerprint density at radius 2 is 1.87 bits per heavy atom. The highest BCUT2D eigenvalue weighted by Gasteiger charge is 2.25. The van der Waals surface area contributed by atoms with Crippen LogP contribution in [0.15, 0.2) is 42.5 Å². The second-order valence-corrected chi connectivity index (χ2v) is 7.75. The van der Waals surface area contributed by atoms with E-state index in [4.69, 9.17) is 4.74 Å². The molecule has 2 fully saturated rings. The third kappa shape index (κ3) is 5.14. The van der Waals surface area contributed by atoms with Crippen molar-refractivity contribution < 1.29 is 14.5 Å². The van der Waals surface area contributed by atoms with Gasteiger partial charge in [0, 0.05) is 43.9 Å². The van der Waals surface area contributed by atoms with E-state index in [-0.39, 0.29) is 17.2 Å². The minimum atomic E-state index is -0.445. The highest BCUT2D eigenvalue weighted by molar-refractivity contribution is 5.95. The largest absolute Gasteiger partial charge is 0.379 e. The van der Waals surface area contributed by atoms with Crippen molar-refractivity contribution in [3.63, 3.8) is 0 Å². The van der Waals surface area contributed by atoms with Gasteiger partial charge in [0.2, 0.25) is 0 Å². The Hall–Kier alpha value is -2.97. The predicted octanol–water partition coefficient (Wildman–Crippen LogP) is 2.93. The van der Waals surface area contributed by atoms with Crippen molar-refractivity contribution in [3.05, 3.63) is 69.3 Å². The van der Waals surface area contributed by atoms with E-state index < -0.39 is 4.92 Å². The zero-order valence-electron chi connectivity index (χ0n) is 16.8. The van der Waals surface area contributed by atoms with Gasteiger partial charge >= 0.3 is 0 Å². The van der Waals surface area contributed by atoms with Gasteiger partial charge in [0.15, 0.2) is 0 Å². The van der Waals surface area contributed by atoms with Crippen LogP contribution in [0.4, 0.5) is 11.4 Å². The summed E-state index contributed by atoms with van der Waals surface area (Å²) in [5, 5.41) is 17.5. The molecule has 0 aromatic heterocycles. The summed E-state index contributed by atoms with van der Waals surface area (Å²) in [6.45, 7) is 4.45. The van der Waals surface area contributed by atoms with Crippen LogP contribution in [0.2, 0.25) is 0 Å². The quantitative estimate of drug-likeness (QED) is 0.513. The highest BCUT2D eigenvalue weighted by Crippen LogP contribution is 2.31. The Bertz CT molecular complexity index is 923. The van der Waals surface area contributed by atoms with Crippen LogP contribution in [0.25, 0.3) is 0 Å². The molecule has 1 aliphatic carbocycles. The molecule has 1 aliphatic heterocycles. The average Bonchev–Trinajstić information content (AvgIpc) is 3.58. The Labute approximate surface area is 175 Å². The maximum Gasteiger partial charge on any atom is 0.293 e. The fourth-order valence-electron chi connectivity index (χ4n) is 3.56. The third-order valence-corrected chi connectivity index (χ3v) is 5.45. The molecule has 30 heavy (non-hydrogen) atoms. The van der Waals surface area contributed by atoms with Crippen molar-refractivity contribution in [2.45, 2.75) is 32.0 Å². The molecule has 1 heterocycles. The lowest BCUT2D eigenvalue weighted by atomic mass is 10.1. The minimum absolute atomic E-state index is 0.0673. The number of nitrogens with one attached hydrogen (secondary N) is 2. The number of carbonyl (C=O) groups excluding carboxylic acids is 1. The van der Waals surface area contributed by atoms with Crippen LogP contribution in [-0.4, -0.2) is 48.1 Å². The van der Waals surface area contributed by atoms with Gasteiger partial charge in [-0.1, -0.05) is 24.3 Å². The summed E-state index contributed by atoms with van der Waals surface area (Å²) in [7, 11) is 0. The first kappa shape index (κ1) is 20.3. The Morgan fingerprint density at radius 3 is 2.57 bits per heavy atom. The molecule has 2 aromatic carbocycles. The monoisotopic (exact) mass is 410 g/mol. The van der Waals surface area contributed by atoms with Crippen molar-refractivity contribution in [1.82, 2.24) is 10.2 Å². The van der Waals surface area contributed by atoms with Gasteiger partial charge in [-0.15, -0.1) is 0 Å². The molecule has 0 atom stereocenters. The van der Waals surface area contributed by atoms with E-state index in [0.29, 0.717) is 18.3 Å². The normalized spacial score (nSPS) is 16.8. The predicted molar refractivity (Wildman–Crippen MR) is 113 cm³/mol. The molecule has 0 bridgehead atoms. The number of hydrogen-bond acceptors (Lipinski definition) is 6. The molecule has 1 saturated carbocycles. The van der Waals surface area contributed by atoms with Crippen LogP contribution in [-0.2, 0) is 17.8 Å². The number of anilines is 1. The number of nitro groups is 1. The molecule has 8 nitrogen and oxygen atoms in total. The van der Waals surface area contributed by atoms with Crippen LogP contribution in [0.5, 0.6) is 0 Å². The van der Waals surface area contributed by atoms with Crippen LogP contribution in [0, 0.1) is 10.1 Å². The number of rotatable bonds is 8. The van der Waals surface area contributed by atoms with Crippen molar-refractivity contribution >= 4 is 17.3 Å². The van der Waals surface area contributed by atoms with Gasteiger partial charge in [-0.2, -0.15) is 0 Å². The fourth-order valence-corrected chi connectivity index (χ4v) is 3.56. The number of hydrogen-bond donors (Lipinski definition) is 2. The lowest BCUT2D eigenvalue weighted by molar-refractivity contribution is -0.384. The standard InChI is InChI=1S/C22H26N4O4/c27-22(16-5-8-20(24-19-6-7-19)21(13-16)26(28)29)23-14-17-3-1-2-4-18(17)15-25-9-11-30-12-10-25/h1-5,8,13,19,24H,6-7,9-12,14-15H2,(H,23,27). The first-order valence-corrected chi connectivity index (χ1v) is 10.3. The molecule has 2 aromatic rings. The topological polar surface area (TPSA) is 96.7 Å². The molecule has 1 saturated heterocycles. The van der Waals surface area contributed by atoms with Gasteiger partial charge in [0.05, 0.1) is 18.1 Å². The van der Waals surface area contributed by atoms with E-state index in [1.54, 1.807) is 12.1 Å². The van der Waals surface area contributed by atoms with Gasteiger partial charge < -0.3 is 15.4 Å². The zero-order chi connectivity index (χ0) is 20.9. The second kappa shape index (κ2) is 9.23. The maximum absolute atomic E-state index is 12.7. The van der Waals surface area contributed by atoms with E-state index in [9.17, 15) is 14.9 Å². The molecular formula is C22H26N4O4. The summed E-state index contributed by atoms with van der Waals surface area (Å²) in [5.41, 5.74) is 2.89. The molecule has 1 amide bonds. The number of benzene rings is 2. The van der Waals surface area contributed by atoms with Crippen LogP contribution in [0.1, 0.15) is 34.3 Å². The summed E-state index contributed by atoms with van der Waals surface area (Å²) >= 11 is 0. The SMILES string of the molecule is O=C(NCc1ccccc1CN1CCOCC1)c1ccc(NC2CC2)c([N+](=O)[O-])c1. The molecule has 0 unspecified atom stereocenters.